The van der Waals surface area contributed by atoms with Crippen LogP contribution in [0.2, 0.25) is 0 Å². The lowest BCUT2D eigenvalue weighted by atomic mass is 10.1. The highest BCUT2D eigenvalue weighted by Gasteiger charge is 2.22. The molecule has 0 saturated heterocycles. The van der Waals surface area contributed by atoms with Gasteiger partial charge in [0, 0.05) is 17.9 Å². The molecule has 84 valence electrons. The topological polar surface area (TPSA) is 73.1 Å². The number of hydrogen-bond donors (Lipinski definition) is 1. The van der Waals surface area contributed by atoms with E-state index in [-0.39, 0.29) is 11.5 Å². The highest BCUT2D eigenvalue weighted by molar-refractivity contribution is 7.90. The fraction of sp³-hybridized carbons (Fsp3) is 0.500. The molecule has 0 amide bonds. The molecule has 0 aromatic carbocycles. The Kier molecular flexibility index (Phi) is 3.46. The number of rotatable bonds is 4. The average Bonchev–Trinajstić information content (AvgIpc) is 1.99. The molecule has 0 unspecified atom stereocenters. The van der Waals surface area contributed by atoms with E-state index >= 15 is 0 Å². The van der Waals surface area contributed by atoms with Gasteiger partial charge in [0.05, 0.1) is 11.5 Å². The van der Waals surface area contributed by atoms with Crippen LogP contribution < -0.4 is 5.73 Å². The normalized spacial score (nSPS) is 12.7. The van der Waals surface area contributed by atoms with Crippen LogP contribution >= 0.6 is 0 Å². The highest BCUT2D eigenvalue weighted by Crippen LogP contribution is 2.09. The second kappa shape index (κ2) is 4.28. The van der Waals surface area contributed by atoms with Crippen molar-refractivity contribution in [3.63, 3.8) is 0 Å². The monoisotopic (exact) mass is 228 g/mol. The van der Waals surface area contributed by atoms with Gasteiger partial charge in [-0.15, -0.1) is 0 Å². The van der Waals surface area contributed by atoms with E-state index in [0.717, 1.165) is 0 Å². The molecule has 0 spiro atoms. The summed E-state index contributed by atoms with van der Waals surface area (Å²) in [5.41, 5.74) is 5.68. The van der Waals surface area contributed by atoms with E-state index < -0.39 is 15.4 Å². The summed E-state index contributed by atoms with van der Waals surface area (Å²) in [5.74, 6) is -0.0175. The summed E-state index contributed by atoms with van der Waals surface area (Å²) in [7, 11) is -3.16. The van der Waals surface area contributed by atoms with Gasteiger partial charge in [-0.25, -0.2) is 8.42 Å². The quantitative estimate of drug-likeness (QED) is 0.824. The zero-order valence-electron chi connectivity index (χ0n) is 8.97. The van der Waals surface area contributed by atoms with E-state index in [2.05, 4.69) is 4.98 Å². The Labute approximate surface area is 90.4 Å². The molecular formula is C10H16N2O2S. The van der Waals surface area contributed by atoms with Gasteiger partial charge in [-0.3, -0.25) is 4.98 Å². The van der Waals surface area contributed by atoms with Crippen LogP contribution in [0.4, 0.5) is 0 Å². The van der Waals surface area contributed by atoms with Gasteiger partial charge in [0.15, 0.2) is 9.84 Å². The van der Waals surface area contributed by atoms with Crippen LogP contribution in [-0.4, -0.2) is 24.7 Å². The van der Waals surface area contributed by atoms with Gasteiger partial charge in [-0.2, -0.15) is 0 Å². The molecule has 0 aliphatic heterocycles. The third-order valence-corrected chi connectivity index (χ3v) is 3.66. The molecule has 1 heterocycles. The standard InChI is InChI=1S/C10H16N2O2S/c1-10(2,11)8-15(13,14)7-9-4-3-5-12-6-9/h3-6H,7-8,11H2,1-2H3. The maximum absolute atomic E-state index is 11.7. The Hall–Kier alpha value is -0.940. The molecule has 2 N–H and O–H groups in total. The predicted octanol–water partition coefficient (Wildman–Crippen LogP) is 0.734. The summed E-state index contributed by atoms with van der Waals surface area (Å²) in [6.45, 7) is 3.40. The minimum atomic E-state index is -3.16. The summed E-state index contributed by atoms with van der Waals surface area (Å²) in [6.07, 6.45) is 3.17. The van der Waals surface area contributed by atoms with Gasteiger partial charge in [0.25, 0.3) is 0 Å². The average molecular weight is 228 g/mol. The van der Waals surface area contributed by atoms with Crippen molar-refractivity contribution in [2.45, 2.75) is 25.1 Å². The molecule has 1 aromatic heterocycles. The molecule has 15 heavy (non-hydrogen) atoms. The van der Waals surface area contributed by atoms with E-state index in [1.54, 1.807) is 38.4 Å². The Bertz CT molecular complexity index is 407. The fourth-order valence-electron chi connectivity index (χ4n) is 1.36. The Morgan fingerprint density at radius 1 is 1.47 bits per heavy atom. The smallest absolute Gasteiger partial charge is 0.156 e. The summed E-state index contributed by atoms with van der Waals surface area (Å²) < 4.78 is 23.4. The van der Waals surface area contributed by atoms with Crippen LogP contribution in [0.5, 0.6) is 0 Å². The third kappa shape index (κ3) is 4.90. The van der Waals surface area contributed by atoms with Crippen molar-refractivity contribution in [3.8, 4) is 0 Å². The largest absolute Gasteiger partial charge is 0.325 e. The number of hydrogen-bond acceptors (Lipinski definition) is 4. The van der Waals surface area contributed by atoms with Gasteiger partial charge in [0.1, 0.15) is 0 Å². The molecule has 0 radical (unpaired) electrons. The first-order valence-electron chi connectivity index (χ1n) is 4.67. The lowest BCUT2D eigenvalue weighted by Crippen LogP contribution is -2.40. The second-order valence-corrected chi connectivity index (χ2v) is 6.45. The van der Waals surface area contributed by atoms with E-state index in [4.69, 9.17) is 5.73 Å². The van der Waals surface area contributed by atoms with Crippen LogP contribution in [0.25, 0.3) is 0 Å². The zero-order chi connectivity index (χ0) is 11.5. The van der Waals surface area contributed by atoms with Crippen LogP contribution in [0.15, 0.2) is 24.5 Å². The number of aromatic nitrogens is 1. The molecule has 0 atom stereocenters. The summed E-state index contributed by atoms with van der Waals surface area (Å²) >= 11 is 0. The molecule has 5 heteroatoms. The highest BCUT2D eigenvalue weighted by atomic mass is 32.2. The van der Waals surface area contributed by atoms with Gasteiger partial charge >= 0.3 is 0 Å². The summed E-state index contributed by atoms with van der Waals surface area (Å²) in [6, 6.07) is 3.46. The van der Waals surface area contributed by atoms with Crippen molar-refractivity contribution in [1.29, 1.82) is 0 Å². The fourth-order valence-corrected chi connectivity index (χ4v) is 3.27. The van der Waals surface area contributed by atoms with Crippen LogP contribution in [0.3, 0.4) is 0 Å². The van der Waals surface area contributed by atoms with Gasteiger partial charge in [-0.05, 0) is 25.5 Å². The number of nitrogens with two attached hydrogens (primary N) is 1. The first-order chi connectivity index (χ1) is 6.79. The lowest BCUT2D eigenvalue weighted by Gasteiger charge is -2.17. The van der Waals surface area contributed by atoms with Gasteiger partial charge in [-0.1, -0.05) is 6.07 Å². The minimum absolute atomic E-state index is 0.00146. The maximum Gasteiger partial charge on any atom is 0.156 e. The Balaban J connectivity index is 2.74. The van der Waals surface area contributed by atoms with Crippen molar-refractivity contribution in [2.75, 3.05) is 5.75 Å². The van der Waals surface area contributed by atoms with E-state index in [9.17, 15) is 8.42 Å². The van der Waals surface area contributed by atoms with Crippen molar-refractivity contribution in [3.05, 3.63) is 30.1 Å². The molecule has 0 bridgehead atoms. The minimum Gasteiger partial charge on any atom is -0.325 e. The molecule has 4 nitrogen and oxygen atoms in total. The van der Waals surface area contributed by atoms with Crippen molar-refractivity contribution in [1.82, 2.24) is 4.98 Å². The molecular weight excluding hydrogens is 212 g/mol. The van der Waals surface area contributed by atoms with E-state index in [1.807, 2.05) is 0 Å². The summed E-state index contributed by atoms with van der Waals surface area (Å²) in [5, 5.41) is 0. The third-order valence-electron chi connectivity index (χ3n) is 1.70. The van der Waals surface area contributed by atoms with E-state index in [0.29, 0.717) is 5.56 Å². The van der Waals surface area contributed by atoms with Gasteiger partial charge in [0.2, 0.25) is 0 Å². The number of pyridine rings is 1. The molecule has 0 aliphatic rings. The predicted molar refractivity (Wildman–Crippen MR) is 60.0 cm³/mol. The Morgan fingerprint density at radius 2 is 2.13 bits per heavy atom. The first kappa shape index (κ1) is 12.1. The molecule has 0 aliphatic carbocycles. The second-order valence-electron chi connectivity index (χ2n) is 4.38. The SMILES string of the molecule is CC(C)(N)CS(=O)(=O)Cc1cccnc1. The lowest BCUT2D eigenvalue weighted by molar-refractivity contribution is 0.544. The van der Waals surface area contributed by atoms with E-state index in [1.165, 1.54) is 0 Å². The van der Waals surface area contributed by atoms with Crippen molar-refractivity contribution < 1.29 is 8.42 Å². The molecule has 0 saturated carbocycles. The maximum atomic E-state index is 11.7. The summed E-state index contributed by atoms with van der Waals surface area (Å²) in [4.78, 5) is 3.87. The first-order valence-corrected chi connectivity index (χ1v) is 6.49. The van der Waals surface area contributed by atoms with Gasteiger partial charge < -0.3 is 5.73 Å². The molecule has 1 aromatic rings. The molecule has 1 rings (SSSR count). The van der Waals surface area contributed by atoms with Crippen LogP contribution in [0.1, 0.15) is 19.4 Å². The Morgan fingerprint density at radius 3 is 2.60 bits per heavy atom. The number of sulfone groups is 1. The van der Waals surface area contributed by atoms with Crippen LogP contribution in [0, 0.1) is 0 Å². The zero-order valence-corrected chi connectivity index (χ0v) is 9.79. The van der Waals surface area contributed by atoms with Crippen molar-refractivity contribution in [2.24, 2.45) is 5.73 Å². The van der Waals surface area contributed by atoms with Crippen LogP contribution in [-0.2, 0) is 15.6 Å². The molecule has 0 fully saturated rings. The number of nitrogens with zero attached hydrogens (tertiary/aromatic N) is 1. The van der Waals surface area contributed by atoms with Crippen molar-refractivity contribution >= 4 is 9.84 Å².